The Morgan fingerprint density at radius 2 is 1.66 bits per heavy atom. The summed E-state index contributed by atoms with van der Waals surface area (Å²) in [5.74, 6) is -0.465. The van der Waals surface area contributed by atoms with E-state index < -0.39 is 59.7 Å². The van der Waals surface area contributed by atoms with Gasteiger partial charge in [0.05, 0.1) is 6.61 Å². The van der Waals surface area contributed by atoms with Crippen molar-refractivity contribution in [1.82, 2.24) is 9.55 Å². The number of aliphatic hydroxyl groups excluding tert-OH is 1. The number of nitrogens with zero attached hydrogens (tertiary/aromatic N) is 1. The predicted molar refractivity (Wildman–Crippen MR) is 127 cm³/mol. The van der Waals surface area contributed by atoms with Crippen LogP contribution in [0.1, 0.15) is 61.6 Å². The summed E-state index contributed by atoms with van der Waals surface area (Å²) in [5.41, 5.74) is -0.443. The number of ketones is 1. The van der Waals surface area contributed by atoms with Gasteiger partial charge in [-0.1, -0.05) is 55.4 Å². The molecular weight excluding hydrogens is 448 g/mol. The van der Waals surface area contributed by atoms with Crippen LogP contribution in [0.3, 0.4) is 0 Å². The highest BCUT2D eigenvalue weighted by atomic mass is 28.4. The summed E-state index contributed by atoms with van der Waals surface area (Å²) >= 11 is 0. The van der Waals surface area contributed by atoms with E-state index in [1.54, 1.807) is 0 Å². The Balaban J connectivity index is 2.45. The smallest absolute Gasteiger partial charge is 0.333 e. The van der Waals surface area contributed by atoms with Crippen molar-refractivity contribution in [2.24, 2.45) is 0 Å². The number of aromatic amines is 1. The average Bonchev–Trinajstić information content (AvgIpc) is 2.99. The van der Waals surface area contributed by atoms with Gasteiger partial charge in [0.25, 0.3) is 5.56 Å². The number of aromatic nitrogens is 2. The van der Waals surface area contributed by atoms with Gasteiger partial charge in [0.2, 0.25) is 5.78 Å². The Hall–Kier alpha value is -1.38. The van der Waals surface area contributed by atoms with E-state index in [1.807, 2.05) is 0 Å². The maximum Gasteiger partial charge on any atom is 0.333 e. The van der Waals surface area contributed by atoms with Crippen LogP contribution in [0.5, 0.6) is 0 Å². The lowest BCUT2D eigenvalue weighted by Gasteiger charge is -2.44. The van der Waals surface area contributed by atoms with Gasteiger partial charge in [0.15, 0.2) is 15.3 Å². The normalized spacial score (nSPS) is 22.3. The molecular formula is C21H38N2O7Si2. The van der Waals surface area contributed by atoms with Crippen molar-refractivity contribution in [3.05, 3.63) is 33.1 Å². The number of hydrogen-bond donors (Lipinski definition) is 2. The van der Waals surface area contributed by atoms with E-state index in [9.17, 15) is 19.5 Å². The number of H-pyrrole nitrogens is 1. The van der Waals surface area contributed by atoms with Crippen LogP contribution in [-0.2, 0) is 18.1 Å². The van der Waals surface area contributed by atoms with Gasteiger partial charge in [0.1, 0.15) is 12.2 Å². The van der Waals surface area contributed by atoms with E-state index in [0.717, 1.165) is 10.6 Å². The van der Waals surface area contributed by atoms with Gasteiger partial charge in [-0.05, 0) is 22.2 Å². The highest BCUT2D eigenvalue weighted by molar-refractivity contribution is 6.78. The molecule has 0 radical (unpaired) electrons. The molecule has 0 spiro atoms. The van der Waals surface area contributed by atoms with Crippen LogP contribution in [0.4, 0.5) is 0 Å². The van der Waals surface area contributed by atoms with Gasteiger partial charge in [-0.2, -0.15) is 0 Å². The first-order valence-electron chi connectivity index (χ1n) is 11.3. The first-order valence-corrected chi connectivity index (χ1v) is 15.1. The van der Waals surface area contributed by atoms with E-state index >= 15 is 0 Å². The maximum absolute atomic E-state index is 13.4. The quantitative estimate of drug-likeness (QED) is 0.487. The topological polar surface area (TPSA) is 120 Å². The van der Waals surface area contributed by atoms with E-state index in [0.29, 0.717) is 11.1 Å². The van der Waals surface area contributed by atoms with Crippen LogP contribution in [-0.4, -0.2) is 56.9 Å². The average molecular weight is 487 g/mol. The lowest BCUT2D eigenvalue weighted by molar-refractivity contribution is -0.130. The van der Waals surface area contributed by atoms with Crippen molar-refractivity contribution in [1.29, 1.82) is 0 Å². The fourth-order valence-electron chi connectivity index (χ4n) is 4.41. The summed E-state index contributed by atoms with van der Waals surface area (Å²) in [6, 6.07) is 1.14. The van der Waals surface area contributed by atoms with Gasteiger partial charge < -0.3 is 18.4 Å². The van der Waals surface area contributed by atoms with Crippen molar-refractivity contribution in [3.63, 3.8) is 0 Å². The molecule has 3 atom stereocenters. The molecule has 11 heteroatoms. The molecule has 0 saturated carbocycles. The minimum Gasteiger partial charge on any atom is -0.437 e. The second-order valence-corrected chi connectivity index (χ2v) is 18.3. The molecule has 0 amide bonds. The number of aliphatic hydroxyl groups is 1. The number of ether oxygens (including phenoxy) is 1. The number of Topliss-reactive ketones (excluding diaryl/α,β-unsaturated/α-hetero) is 1. The molecule has 1 saturated heterocycles. The van der Waals surface area contributed by atoms with Crippen LogP contribution in [0.2, 0.25) is 22.2 Å². The predicted octanol–water partition coefficient (Wildman–Crippen LogP) is 2.20. The molecule has 32 heavy (non-hydrogen) atoms. The van der Waals surface area contributed by atoms with Crippen LogP contribution in [0.15, 0.2) is 21.9 Å². The van der Waals surface area contributed by atoms with Gasteiger partial charge in [-0.25, -0.2) is 4.79 Å². The standard InChI is InChI=1S/C21H38N2O7Si2/c1-12(2)31(13(3)4)30-32(14(5)6,15(7)8)29-19-16(11-24)28-20(18(19)26)23-10-9-17(25)22-21(23)27/h9-10,12-16,19-20,24,31H,11H2,1-8H3,(H,22,25,27). The molecule has 2 rings (SSSR count). The number of carbonyl (C=O) groups is 1. The van der Waals surface area contributed by atoms with Crippen LogP contribution < -0.4 is 11.2 Å². The van der Waals surface area contributed by atoms with Crippen molar-refractivity contribution in [2.45, 2.75) is 96.0 Å². The first-order chi connectivity index (χ1) is 14.8. The summed E-state index contributed by atoms with van der Waals surface area (Å²) in [4.78, 5) is 39.1. The Morgan fingerprint density at radius 1 is 1.09 bits per heavy atom. The molecule has 182 valence electrons. The SMILES string of the molecule is CC(C)[SiH](O[Si](OC1C(=O)C(n2ccc(=O)[nH]c2=O)OC1CO)(C(C)C)C(C)C)C(C)C. The van der Waals surface area contributed by atoms with E-state index in [1.165, 1.54) is 6.20 Å². The zero-order valence-corrected chi connectivity index (χ0v) is 22.5. The molecule has 1 aliphatic rings. The van der Waals surface area contributed by atoms with Crippen LogP contribution in [0, 0.1) is 0 Å². The van der Waals surface area contributed by atoms with Crippen LogP contribution >= 0.6 is 0 Å². The summed E-state index contributed by atoms with van der Waals surface area (Å²) in [7, 11) is -4.64. The third-order valence-electron chi connectivity index (χ3n) is 6.00. The lowest BCUT2D eigenvalue weighted by atomic mass is 10.1. The molecule has 1 fully saturated rings. The molecule has 1 aromatic heterocycles. The molecule has 2 N–H and O–H groups in total. The Kier molecular flexibility index (Phi) is 8.99. The van der Waals surface area contributed by atoms with Crippen molar-refractivity contribution in [2.75, 3.05) is 6.61 Å². The number of nitrogens with one attached hydrogen (secondary N) is 1. The van der Waals surface area contributed by atoms with Gasteiger partial charge in [0, 0.05) is 12.3 Å². The van der Waals surface area contributed by atoms with Crippen molar-refractivity contribution in [3.8, 4) is 0 Å². The van der Waals surface area contributed by atoms with E-state index in [2.05, 4.69) is 60.4 Å². The largest absolute Gasteiger partial charge is 0.437 e. The molecule has 1 aliphatic heterocycles. The van der Waals surface area contributed by atoms with E-state index in [-0.39, 0.29) is 11.1 Å². The number of hydrogen-bond acceptors (Lipinski definition) is 7. The Labute approximate surface area is 192 Å². The summed E-state index contributed by atoms with van der Waals surface area (Å²) in [5, 5.41) is 9.95. The lowest BCUT2D eigenvalue weighted by Crippen LogP contribution is -2.57. The van der Waals surface area contributed by atoms with E-state index in [4.69, 9.17) is 13.3 Å². The Bertz CT molecular complexity index is 881. The molecule has 0 bridgehead atoms. The third kappa shape index (κ3) is 5.40. The zero-order valence-electron chi connectivity index (χ0n) is 20.3. The molecule has 9 nitrogen and oxygen atoms in total. The number of carbonyl (C=O) groups excluding carboxylic acids is 1. The number of rotatable bonds is 10. The highest BCUT2D eigenvalue weighted by Gasteiger charge is 2.55. The second kappa shape index (κ2) is 10.7. The highest BCUT2D eigenvalue weighted by Crippen LogP contribution is 2.41. The molecule has 1 aromatic rings. The molecule has 3 unspecified atom stereocenters. The summed E-state index contributed by atoms with van der Waals surface area (Å²) in [6.07, 6.45) is -2.06. The molecule has 0 aromatic carbocycles. The van der Waals surface area contributed by atoms with Gasteiger partial charge in [-0.15, -0.1) is 0 Å². The zero-order chi connectivity index (χ0) is 24.4. The fourth-order valence-corrected chi connectivity index (χ4v) is 14.8. The monoisotopic (exact) mass is 486 g/mol. The maximum atomic E-state index is 13.4. The van der Waals surface area contributed by atoms with Crippen LogP contribution in [0.25, 0.3) is 0 Å². The minimum absolute atomic E-state index is 0.0528. The molecule has 2 heterocycles. The van der Waals surface area contributed by atoms with Gasteiger partial charge in [-0.3, -0.25) is 19.1 Å². The summed E-state index contributed by atoms with van der Waals surface area (Å²) < 4.78 is 20.3. The minimum atomic E-state index is -2.95. The van der Waals surface area contributed by atoms with Crippen molar-refractivity contribution >= 4 is 23.4 Å². The first kappa shape index (κ1) is 26.9. The Morgan fingerprint density at radius 3 is 2.09 bits per heavy atom. The van der Waals surface area contributed by atoms with Gasteiger partial charge >= 0.3 is 14.3 Å². The fraction of sp³-hybridized carbons (Fsp3) is 0.762. The third-order valence-corrected chi connectivity index (χ3v) is 15.0. The second-order valence-electron chi connectivity index (χ2n) is 9.77. The van der Waals surface area contributed by atoms with Crippen molar-refractivity contribution < 1.29 is 23.2 Å². The summed E-state index contributed by atoms with van der Waals surface area (Å²) in [6.45, 7) is 16.4. The molecule has 0 aliphatic carbocycles.